The van der Waals surface area contributed by atoms with E-state index >= 15 is 0 Å². The standard InChI is InChI=1S/C24H24N2O/c1-27-20-11-7-8-18(14-20)15-25-16-22(19-9-3-2-4-10-19)23-17-26-24-13-6-5-12-21(23)24/h2-14,17,22,25-26H,15-16H2,1H3/t22-/m1/s1. The highest BCUT2D eigenvalue weighted by Gasteiger charge is 2.17. The van der Waals surface area contributed by atoms with Crippen molar-refractivity contribution in [3.63, 3.8) is 0 Å². The number of hydrogen-bond donors (Lipinski definition) is 2. The number of fused-ring (bicyclic) bond motifs is 1. The van der Waals surface area contributed by atoms with E-state index in [1.54, 1.807) is 7.11 Å². The predicted octanol–water partition coefficient (Wildman–Crippen LogP) is 5.10. The zero-order chi connectivity index (χ0) is 18.5. The fourth-order valence-electron chi connectivity index (χ4n) is 3.62. The predicted molar refractivity (Wildman–Crippen MR) is 111 cm³/mol. The van der Waals surface area contributed by atoms with E-state index < -0.39 is 0 Å². The van der Waals surface area contributed by atoms with Crippen LogP contribution in [0.25, 0.3) is 10.9 Å². The van der Waals surface area contributed by atoms with E-state index in [0.29, 0.717) is 0 Å². The van der Waals surface area contributed by atoms with Crippen LogP contribution in [0.4, 0.5) is 0 Å². The molecule has 0 saturated heterocycles. The Morgan fingerprint density at radius 2 is 1.74 bits per heavy atom. The number of benzene rings is 3. The monoisotopic (exact) mass is 356 g/mol. The van der Waals surface area contributed by atoms with Gasteiger partial charge in [-0.1, -0.05) is 60.7 Å². The minimum absolute atomic E-state index is 0.285. The van der Waals surface area contributed by atoms with Crippen LogP contribution < -0.4 is 10.1 Å². The van der Waals surface area contributed by atoms with Gasteiger partial charge in [0.05, 0.1) is 7.11 Å². The second-order valence-electron chi connectivity index (χ2n) is 6.74. The molecular weight excluding hydrogens is 332 g/mol. The number of rotatable bonds is 7. The lowest BCUT2D eigenvalue weighted by molar-refractivity contribution is 0.414. The Labute approximate surface area is 160 Å². The van der Waals surface area contributed by atoms with Crippen LogP contribution in [0.5, 0.6) is 5.75 Å². The van der Waals surface area contributed by atoms with Crippen molar-refractivity contribution in [1.29, 1.82) is 0 Å². The molecule has 3 aromatic carbocycles. The molecule has 0 aliphatic rings. The van der Waals surface area contributed by atoms with Gasteiger partial charge in [0.15, 0.2) is 0 Å². The number of nitrogens with one attached hydrogen (secondary N) is 2. The second-order valence-corrected chi connectivity index (χ2v) is 6.74. The fraction of sp³-hybridized carbons (Fsp3) is 0.167. The molecule has 0 radical (unpaired) electrons. The first-order valence-corrected chi connectivity index (χ1v) is 9.30. The third-order valence-corrected chi connectivity index (χ3v) is 5.01. The van der Waals surface area contributed by atoms with Gasteiger partial charge in [0.1, 0.15) is 5.75 Å². The first-order valence-electron chi connectivity index (χ1n) is 9.30. The lowest BCUT2D eigenvalue weighted by Gasteiger charge is -2.18. The minimum atomic E-state index is 0.285. The molecule has 0 aliphatic heterocycles. The summed E-state index contributed by atoms with van der Waals surface area (Å²) in [6, 6.07) is 27.4. The topological polar surface area (TPSA) is 37.0 Å². The van der Waals surface area contributed by atoms with Gasteiger partial charge in [-0.15, -0.1) is 0 Å². The van der Waals surface area contributed by atoms with Crippen molar-refractivity contribution in [2.24, 2.45) is 0 Å². The number of methoxy groups -OCH3 is 1. The van der Waals surface area contributed by atoms with Crippen LogP contribution in [0.3, 0.4) is 0 Å². The molecule has 0 amide bonds. The largest absolute Gasteiger partial charge is 0.497 e. The molecule has 2 N–H and O–H groups in total. The van der Waals surface area contributed by atoms with Crippen molar-refractivity contribution in [2.75, 3.05) is 13.7 Å². The van der Waals surface area contributed by atoms with Crippen molar-refractivity contribution in [3.05, 3.63) is 102 Å². The van der Waals surface area contributed by atoms with E-state index in [2.05, 4.69) is 83.2 Å². The Hall–Kier alpha value is -3.04. The molecule has 136 valence electrons. The second kappa shape index (κ2) is 8.11. The maximum absolute atomic E-state index is 5.33. The highest BCUT2D eigenvalue weighted by molar-refractivity contribution is 5.84. The number of aromatic amines is 1. The van der Waals surface area contributed by atoms with Gasteiger partial charge in [0, 0.05) is 36.1 Å². The molecule has 0 aliphatic carbocycles. The molecule has 27 heavy (non-hydrogen) atoms. The van der Waals surface area contributed by atoms with Gasteiger partial charge < -0.3 is 15.0 Å². The maximum Gasteiger partial charge on any atom is 0.119 e. The summed E-state index contributed by atoms with van der Waals surface area (Å²) in [5.74, 6) is 1.18. The zero-order valence-corrected chi connectivity index (χ0v) is 15.5. The van der Waals surface area contributed by atoms with Crippen molar-refractivity contribution >= 4 is 10.9 Å². The van der Waals surface area contributed by atoms with Crippen molar-refractivity contribution < 1.29 is 4.74 Å². The highest BCUT2D eigenvalue weighted by Crippen LogP contribution is 2.30. The number of hydrogen-bond acceptors (Lipinski definition) is 2. The van der Waals surface area contributed by atoms with Gasteiger partial charge >= 0.3 is 0 Å². The fourth-order valence-corrected chi connectivity index (χ4v) is 3.62. The molecular formula is C24H24N2O. The van der Waals surface area contributed by atoms with Gasteiger partial charge in [-0.2, -0.15) is 0 Å². The Bertz CT molecular complexity index is 1010. The van der Waals surface area contributed by atoms with E-state index in [1.165, 1.54) is 27.6 Å². The number of H-pyrrole nitrogens is 1. The van der Waals surface area contributed by atoms with Gasteiger partial charge in [-0.25, -0.2) is 0 Å². The van der Waals surface area contributed by atoms with Crippen molar-refractivity contribution in [2.45, 2.75) is 12.5 Å². The first kappa shape index (κ1) is 17.4. The first-order chi connectivity index (χ1) is 13.3. The average Bonchev–Trinajstić information content (AvgIpc) is 3.16. The molecule has 4 aromatic rings. The van der Waals surface area contributed by atoms with Crippen LogP contribution in [0.1, 0.15) is 22.6 Å². The third kappa shape index (κ3) is 3.88. The average molecular weight is 356 g/mol. The van der Waals surface area contributed by atoms with Gasteiger partial charge in [0.25, 0.3) is 0 Å². The molecule has 0 unspecified atom stereocenters. The van der Waals surface area contributed by atoms with E-state index in [4.69, 9.17) is 4.74 Å². The van der Waals surface area contributed by atoms with E-state index in [-0.39, 0.29) is 5.92 Å². The summed E-state index contributed by atoms with van der Waals surface area (Å²) in [5.41, 5.74) is 5.05. The molecule has 0 bridgehead atoms. The summed E-state index contributed by atoms with van der Waals surface area (Å²) < 4.78 is 5.33. The quantitative estimate of drug-likeness (QED) is 0.483. The van der Waals surface area contributed by atoms with Crippen LogP contribution in [-0.4, -0.2) is 18.6 Å². The molecule has 1 atom stereocenters. The number of aromatic nitrogens is 1. The summed E-state index contributed by atoms with van der Waals surface area (Å²) in [6.45, 7) is 1.67. The summed E-state index contributed by atoms with van der Waals surface area (Å²) in [5, 5.41) is 4.92. The molecule has 3 heteroatoms. The van der Waals surface area contributed by atoms with Gasteiger partial charge in [0.2, 0.25) is 0 Å². The van der Waals surface area contributed by atoms with Crippen LogP contribution in [-0.2, 0) is 6.54 Å². The minimum Gasteiger partial charge on any atom is -0.497 e. The highest BCUT2D eigenvalue weighted by atomic mass is 16.5. The van der Waals surface area contributed by atoms with E-state index in [9.17, 15) is 0 Å². The van der Waals surface area contributed by atoms with Crippen LogP contribution in [0.15, 0.2) is 85.1 Å². The Morgan fingerprint density at radius 3 is 2.59 bits per heavy atom. The van der Waals surface area contributed by atoms with Crippen LogP contribution in [0.2, 0.25) is 0 Å². The summed E-state index contributed by atoms with van der Waals surface area (Å²) >= 11 is 0. The molecule has 1 heterocycles. The number of para-hydroxylation sites is 1. The smallest absolute Gasteiger partial charge is 0.119 e. The summed E-state index contributed by atoms with van der Waals surface area (Å²) in [7, 11) is 1.70. The molecule has 0 spiro atoms. The lowest BCUT2D eigenvalue weighted by Crippen LogP contribution is -2.22. The molecule has 1 aromatic heterocycles. The third-order valence-electron chi connectivity index (χ3n) is 5.01. The normalized spacial score (nSPS) is 12.2. The Balaban J connectivity index is 1.57. The van der Waals surface area contributed by atoms with Gasteiger partial charge in [-0.05, 0) is 34.9 Å². The zero-order valence-electron chi connectivity index (χ0n) is 15.5. The van der Waals surface area contributed by atoms with E-state index in [0.717, 1.165) is 18.8 Å². The molecule has 0 saturated carbocycles. The van der Waals surface area contributed by atoms with Gasteiger partial charge in [-0.3, -0.25) is 0 Å². The van der Waals surface area contributed by atoms with Crippen LogP contribution >= 0.6 is 0 Å². The SMILES string of the molecule is COc1cccc(CNC[C@H](c2ccccc2)c2c[nH]c3ccccc23)c1. The summed E-state index contributed by atoms with van der Waals surface area (Å²) in [6.07, 6.45) is 2.15. The lowest BCUT2D eigenvalue weighted by atomic mass is 9.91. The van der Waals surface area contributed by atoms with Crippen molar-refractivity contribution in [1.82, 2.24) is 10.3 Å². The van der Waals surface area contributed by atoms with E-state index in [1.807, 2.05) is 12.1 Å². The summed E-state index contributed by atoms with van der Waals surface area (Å²) in [4.78, 5) is 3.42. The maximum atomic E-state index is 5.33. The Morgan fingerprint density at radius 1 is 0.926 bits per heavy atom. The Kier molecular flexibility index (Phi) is 5.22. The van der Waals surface area contributed by atoms with Crippen molar-refractivity contribution in [3.8, 4) is 5.75 Å². The molecule has 3 nitrogen and oxygen atoms in total. The van der Waals surface area contributed by atoms with Crippen LogP contribution in [0, 0.1) is 0 Å². The molecule has 4 rings (SSSR count). The molecule has 0 fully saturated rings. The number of ether oxygens (including phenoxy) is 1.